The second-order valence-corrected chi connectivity index (χ2v) is 6.86. The number of nitrogens with one attached hydrogen (secondary N) is 2. The molecule has 132 valence electrons. The number of hydrogen-bond donors (Lipinski definition) is 2. The van der Waals surface area contributed by atoms with Crippen molar-refractivity contribution < 1.29 is 7.65 Å². The van der Waals surface area contributed by atoms with Gasteiger partial charge in [-0.15, -0.1) is 0 Å². The summed E-state index contributed by atoms with van der Waals surface area (Å²) >= 11 is 0. The van der Waals surface area contributed by atoms with E-state index in [1.807, 2.05) is 0 Å². The van der Waals surface area contributed by atoms with E-state index in [1.54, 1.807) is 0 Å². The second kappa shape index (κ2) is 11.7. The second-order valence-electron chi connectivity index (χ2n) is 6.86. The lowest BCUT2D eigenvalue weighted by Gasteiger charge is -2.11. The zero-order valence-electron chi connectivity index (χ0n) is 14.9. The number of unbranched alkanes of at least 4 members (excludes halogenated alkanes) is 5. The normalized spacial score (nSPS) is 19.0. The van der Waals surface area contributed by atoms with Gasteiger partial charge in [0.1, 0.15) is 0 Å². The molecule has 1 rings (SSSR count). The van der Waals surface area contributed by atoms with Crippen LogP contribution >= 0.6 is 0 Å². The number of rotatable bonds is 12. The molecule has 2 unspecified atom stereocenters. The van der Waals surface area contributed by atoms with Crippen molar-refractivity contribution in [3.63, 3.8) is 0 Å². The van der Waals surface area contributed by atoms with Crippen LogP contribution in [0.4, 0.5) is 0 Å². The van der Waals surface area contributed by atoms with Gasteiger partial charge in [-0.3, -0.25) is 4.79 Å². The van der Waals surface area contributed by atoms with E-state index in [-0.39, 0.29) is 14.7 Å². The number of amides is 1. The number of allylic oxidation sites excluding steroid dienone is 2. The molecule has 0 aromatic rings. The zero-order chi connectivity index (χ0) is 16.2. The third-order valence-corrected chi connectivity index (χ3v) is 4.70. The molecule has 2 N–H and O–H groups in total. The molecule has 0 bridgehead atoms. The fourth-order valence-electron chi connectivity index (χ4n) is 2.90. The van der Waals surface area contributed by atoms with Crippen LogP contribution in [-0.4, -0.2) is 25.0 Å². The molecule has 1 amide bonds. The maximum Gasteiger partial charge on any atom is 0.223 e. The molecule has 0 fully saturated rings. The van der Waals surface area contributed by atoms with E-state index in [9.17, 15) is 4.79 Å². The van der Waals surface area contributed by atoms with E-state index in [4.69, 9.17) is 0 Å². The number of carbonyl (C=O) groups is 1. The van der Waals surface area contributed by atoms with Crippen LogP contribution in [0.2, 0.25) is 0 Å². The first kappa shape index (κ1) is 19.2. The third kappa shape index (κ3) is 8.57. The highest BCUT2D eigenvalue weighted by Crippen LogP contribution is 2.24. The zero-order valence-corrected chi connectivity index (χ0v) is 14.9. The van der Waals surface area contributed by atoms with Gasteiger partial charge in [0, 0.05) is 21.4 Å². The van der Waals surface area contributed by atoms with E-state index >= 15 is 0 Å². The van der Waals surface area contributed by atoms with Crippen LogP contribution < -0.4 is 10.6 Å². The average molecular weight is 313 g/mol. The molecule has 2 atom stereocenters. The molecule has 1 aliphatic carbocycles. The van der Waals surface area contributed by atoms with Gasteiger partial charge in [-0.2, -0.15) is 0 Å². The number of hydrogen-bond acceptors (Lipinski definition) is 2. The Morgan fingerprint density at radius 2 is 1.86 bits per heavy atom. The van der Waals surface area contributed by atoms with Crippen molar-refractivity contribution in [3.05, 3.63) is 11.6 Å². The van der Waals surface area contributed by atoms with E-state index in [1.165, 1.54) is 44.1 Å². The van der Waals surface area contributed by atoms with E-state index in [0.717, 1.165) is 32.4 Å². The van der Waals surface area contributed by atoms with Gasteiger partial charge in [-0.05, 0) is 52.5 Å². The molecule has 1 aliphatic rings. The molecule has 0 aromatic carbocycles. The van der Waals surface area contributed by atoms with Crippen molar-refractivity contribution in [2.24, 2.45) is 5.92 Å². The first-order valence-corrected chi connectivity index (χ1v) is 9.30. The van der Waals surface area contributed by atoms with Crippen LogP contribution in [0.5, 0.6) is 0 Å². The van der Waals surface area contributed by atoms with Crippen molar-refractivity contribution in [2.75, 3.05) is 13.1 Å². The summed E-state index contributed by atoms with van der Waals surface area (Å²) in [6.45, 7) is 8.59. The quantitative estimate of drug-likeness (QED) is 0.406. The minimum absolute atomic E-state index is 0. The van der Waals surface area contributed by atoms with Gasteiger partial charge in [-0.25, -0.2) is 0 Å². The standard InChI is InChI=1S/C19H36N2O.2H2/c1-4-17(3)20-13-9-7-5-6-8-10-14-21-19(22)18-12-11-16(2)15-18;;/h11,17-18,20H,4-10,12-15H2,1-3H3,(H,21,22);2*1H. The Labute approximate surface area is 140 Å². The van der Waals surface area contributed by atoms with Crippen molar-refractivity contribution in [3.8, 4) is 0 Å². The molecule has 0 radical (unpaired) electrons. The number of carbonyl (C=O) groups excluding carboxylic acids is 1. The van der Waals surface area contributed by atoms with Gasteiger partial charge in [-0.1, -0.05) is 44.3 Å². The fourth-order valence-corrected chi connectivity index (χ4v) is 2.90. The maximum absolute atomic E-state index is 11.9. The van der Waals surface area contributed by atoms with E-state index in [2.05, 4.69) is 37.5 Å². The largest absolute Gasteiger partial charge is 0.356 e. The first-order chi connectivity index (χ1) is 10.6. The van der Waals surface area contributed by atoms with Crippen LogP contribution in [0.3, 0.4) is 0 Å². The van der Waals surface area contributed by atoms with Crippen LogP contribution in [0.1, 0.15) is 81.4 Å². The van der Waals surface area contributed by atoms with Gasteiger partial charge in [0.25, 0.3) is 0 Å². The van der Waals surface area contributed by atoms with Crippen molar-refractivity contribution in [1.82, 2.24) is 10.6 Å². The van der Waals surface area contributed by atoms with Gasteiger partial charge >= 0.3 is 0 Å². The molecule has 0 heterocycles. The summed E-state index contributed by atoms with van der Waals surface area (Å²) < 4.78 is 0. The lowest BCUT2D eigenvalue weighted by atomic mass is 10.0. The van der Waals surface area contributed by atoms with E-state index in [0.29, 0.717) is 6.04 Å². The summed E-state index contributed by atoms with van der Waals surface area (Å²) in [6, 6.07) is 0.655. The lowest BCUT2D eigenvalue weighted by molar-refractivity contribution is -0.124. The third-order valence-electron chi connectivity index (χ3n) is 4.70. The monoisotopic (exact) mass is 312 g/mol. The molecule has 0 saturated carbocycles. The van der Waals surface area contributed by atoms with Crippen LogP contribution in [-0.2, 0) is 4.79 Å². The lowest BCUT2D eigenvalue weighted by Crippen LogP contribution is -2.30. The molecular formula is C19H40N2O. The van der Waals surface area contributed by atoms with Crippen LogP contribution in [0.15, 0.2) is 11.6 Å². The van der Waals surface area contributed by atoms with Gasteiger partial charge in [0.15, 0.2) is 0 Å². The minimum atomic E-state index is 0. The summed E-state index contributed by atoms with van der Waals surface area (Å²) in [5, 5.41) is 6.63. The van der Waals surface area contributed by atoms with Crippen LogP contribution in [0, 0.1) is 5.92 Å². The Kier molecular flexibility index (Phi) is 10.2. The van der Waals surface area contributed by atoms with Gasteiger partial charge < -0.3 is 10.6 Å². The SMILES string of the molecule is CCC(C)NCCCCCCCCNC(=O)C1CC=C(C)C1.[HH].[HH]. The smallest absolute Gasteiger partial charge is 0.223 e. The van der Waals surface area contributed by atoms with Crippen molar-refractivity contribution >= 4 is 5.91 Å². The summed E-state index contributed by atoms with van der Waals surface area (Å²) in [4.78, 5) is 11.9. The molecule has 3 heteroatoms. The van der Waals surface area contributed by atoms with Crippen molar-refractivity contribution in [1.29, 1.82) is 0 Å². The minimum Gasteiger partial charge on any atom is -0.356 e. The Bertz CT molecular complexity index is 348. The molecule has 3 nitrogen and oxygen atoms in total. The average Bonchev–Trinajstić information content (AvgIpc) is 2.95. The summed E-state index contributed by atoms with van der Waals surface area (Å²) in [5.41, 5.74) is 1.36. The maximum atomic E-state index is 11.9. The highest BCUT2D eigenvalue weighted by molar-refractivity contribution is 5.79. The Hall–Kier alpha value is -0.830. The first-order valence-electron chi connectivity index (χ1n) is 9.30. The predicted octanol–water partition coefficient (Wildman–Crippen LogP) is 4.68. The van der Waals surface area contributed by atoms with Crippen molar-refractivity contribution in [2.45, 2.75) is 84.6 Å². The Morgan fingerprint density at radius 3 is 2.45 bits per heavy atom. The molecular weight excluding hydrogens is 272 g/mol. The summed E-state index contributed by atoms with van der Waals surface area (Å²) in [7, 11) is 0. The van der Waals surface area contributed by atoms with Gasteiger partial charge in [0.05, 0.1) is 0 Å². The topological polar surface area (TPSA) is 41.1 Å². The highest BCUT2D eigenvalue weighted by atomic mass is 16.1. The van der Waals surface area contributed by atoms with Gasteiger partial charge in [0.2, 0.25) is 5.91 Å². The Morgan fingerprint density at radius 1 is 1.23 bits per heavy atom. The fraction of sp³-hybridized carbons (Fsp3) is 0.842. The molecule has 0 saturated heterocycles. The Balaban J connectivity index is 0. The molecule has 22 heavy (non-hydrogen) atoms. The summed E-state index contributed by atoms with van der Waals surface area (Å²) in [5.74, 6) is 0.460. The molecule has 0 aromatic heterocycles. The summed E-state index contributed by atoms with van der Waals surface area (Å²) in [6.07, 6.45) is 12.9. The van der Waals surface area contributed by atoms with E-state index < -0.39 is 0 Å². The highest BCUT2D eigenvalue weighted by Gasteiger charge is 2.21. The molecule has 0 spiro atoms. The predicted molar refractivity (Wildman–Crippen MR) is 99.2 cm³/mol. The van der Waals surface area contributed by atoms with Crippen LogP contribution in [0.25, 0.3) is 0 Å². The molecule has 0 aliphatic heterocycles.